The van der Waals surface area contributed by atoms with Gasteiger partial charge in [0.15, 0.2) is 0 Å². The van der Waals surface area contributed by atoms with Crippen LogP contribution in [-0.4, -0.2) is 19.0 Å². The van der Waals surface area contributed by atoms with Crippen molar-refractivity contribution < 1.29 is 18.0 Å². The Morgan fingerprint density at radius 1 is 1.39 bits per heavy atom. The van der Waals surface area contributed by atoms with E-state index in [2.05, 4.69) is 26.6 Å². The minimum atomic E-state index is -4.46. The molecule has 0 saturated heterocycles. The molecule has 0 aliphatic carbocycles. The molecule has 0 spiro atoms. The minimum absolute atomic E-state index is 0.0605. The largest absolute Gasteiger partial charge is 0.417 e. The highest BCUT2D eigenvalue weighted by Gasteiger charge is 2.33. The van der Waals surface area contributed by atoms with Crippen LogP contribution < -0.4 is 10.6 Å². The average Bonchev–Trinajstić information content (AvgIpc) is 2.29. The standard InChI is InChI=1S/C11H12BrF3N2O/c1-6(16-2)10(18)17-7-3-4-9(12)8(5-7)11(13,14)15/h3-6,16H,1-2H3,(H,17,18). The van der Waals surface area contributed by atoms with E-state index in [1.807, 2.05) is 0 Å². The van der Waals surface area contributed by atoms with Crippen molar-refractivity contribution in [3.63, 3.8) is 0 Å². The van der Waals surface area contributed by atoms with E-state index in [4.69, 9.17) is 0 Å². The predicted molar refractivity (Wildman–Crippen MR) is 66.3 cm³/mol. The first-order valence-electron chi connectivity index (χ1n) is 5.10. The maximum Gasteiger partial charge on any atom is 0.417 e. The fourth-order valence-corrected chi connectivity index (χ4v) is 1.67. The molecule has 0 fully saturated rings. The molecule has 18 heavy (non-hydrogen) atoms. The molecule has 1 unspecified atom stereocenters. The van der Waals surface area contributed by atoms with E-state index in [9.17, 15) is 18.0 Å². The lowest BCUT2D eigenvalue weighted by Gasteiger charge is -2.14. The van der Waals surface area contributed by atoms with Crippen LogP contribution in [0, 0.1) is 0 Å². The highest BCUT2D eigenvalue weighted by Crippen LogP contribution is 2.36. The SMILES string of the molecule is CNC(C)C(=O)Nc1ccc(Br)c(C(F)(F)F)c1. The van der Waals surface area contributed by atoms with Crippen LogP contribution in [0.5, 0.6) is 0 Å². The molecule has 0 saturated carbocycles. The van der Waals surface area contributed by atoms with Crippen molar-refractivity contribution in [2.45, 2.75) is 19.1 Å². The third-order valence-electron chi connectivity index (χ3n) is 2.37. The Morgan fingerprint density at radius 2 is 2.00 bits per heavy atom. The lowest BCUT2D eigenvalue weighted by atomic mass is 10.2. The van der Waals surface area contributed by atoms with Crippen LogP contribution >= 0.6 is 15.9 Å². The Labute approximate surface area is 111 Å². The Bertz CT molecular complexity index is 448. The van der Waals surface area contributed by atoms with E-state index in [0.29, 0.717) is 0 Å². The number of halogens is 4. The van der Waals surface area contributed by atoms with Gasteiger partial charge >= 0.3 is 6.18 Å². The van der Waals surface area contributed by atoms with Crippen LogP contribution in [-0.2, 0) is 11.0 Å². The highest BCUT2D eigenvalue weighted by atomic mass is 79.9. The molecule has 100 valence electrons. The zero-order valence-electron chi connectivity index (χ0n) is 9.73. The third kappa shape index (κ3) is 3.71. The zero-order chi connectivity index (χ0) is 13.9. The monoisotopic (exact) mass is 324 g/mol. The summed E-state index contributed by atoms with van der Waals surface area (Å²) in [5, 5.41) is 5.11. The number of nitrogens with one attached hydrogen (secondary N) is 2. The molecule has 1 amide bonds. The number of carbonyl (C=O) groups is 1. The van der Waals surface area contributed by atoms with E-state index in [-0.39, 0.29) is 10.2 Å². The summed E-state index contributed by atoms with van der Waals surface area (Å²) in [6.07, 6.45) is -4.46. The van der Waals surface area contributed by atoms with E-state index in [0.717, 1.165) is 6.07 Å². The number of likely N-dealkylation sites (N-methyl/N-ethyl adjacent to an activating group) is 1. The van der Waals surface area contributed by atoms with Crippen molar-refractivity contribution in [1.29, 1.82) is 0 Å². The third-order valence-corrected chi connectivity index (χ3v) is 3.06. The second-order valence-corrected chi connectivity index (χ2v) is 4.55. The van der Waals surface area contributed by atoms with Gasteiger partial charge in [0.05, 0.1) is 11.6 Å². The second-order valence-electron chi connectivity index (χ2n) is 3.69. The van der Waals surface area contributed by atoms with Gasteiger partial charge in [0.1, 0.15) is 0 Å². The molecule has 0 aliphatic rings. The fraction of sp³-hybridized carbons (Fsp3) is 0.364. The Kier molecular flexibility index (Phi) is 4.75. The summed E-state index contributed by atoms with van der Waals surface area (Å²) < 4.78 is 37.8. The molecule has 0 heterocycles. The van der Waals surface area contributed by atoms with Crippen molar-refractivity contribution in [3.05, 3.63) is 28.2 Å². The van der Waals surface area contributed by atoms with Gasteiger partial charge in [-0.2, -0.15) is 13.2 Å². The lowest BCUT2D eigenvalue weighted by molar-refractivity contribution is -0.138. The van der Waals surface area contributed by atoms with Gasteiger partial charge in [0.25, 0.3) is 0 Å². The van der Waals surface area contributed by atoms with Crippen molar-refractivity contribution in [2.75, 3.05) is 12.4 Å². The van der Waals surface area contributed by atoms with Crippen LogP contribution in [0.2, 0.25) is 0 Å². The van der Waals surface area contributed by atoms with Crippen molar-refractivity contribution in [3.8, 4) is 0 Å². The number of benzene rings is 1. The molecule has 3 nitrogen and oxygen atoms in total. The number of amides is 1. The van der Waals surface area contributed by atoms with Crippen LogP contribution in [0.25, 0.3) is 0 Å². The predicted octanol–water partition coefficient (Wildman–Crippen LogP) is 3.01. The normalized spacial score (nSPS) is 13.2. The number of anilines is 1. The summed E-state index contributed by atoms with van der Waals surface area (Å²) in [6.45, 7) is 1.61. The van der Waals surface area contributed by atoms with Crippen molar-refractivity contribution in [1.82, 2.24) is 5.32 Å². The van der Waals surface area contributed by atoms with E-state index >= 15 is 0 Å². The summed E-state index contributed by atoms with van der Waals surface area (Å²) in [5.74, 6) is -0.395. The van der Waals surface area contributed by atoms with Gasteiger partial charge in [-0.3, -0.25) is 4.79 Å². The maximum atomic E-state index is 12.6. The quantitative estimate of drug-likeness (QED) is 0.897. The van der Waals surface area contributed by atoms with E-state index in [1.54, 1.807) is 14.0 Å². The van der Waals surface area contributed by atoms with Crippen LogP contribution in [0.1, 0.15) is 12.5 Å². The molecule has 1 rings (SSSR count). The van der Waals surface area contributed by atoms with Gasteiger partial charge in [-0.25, -0.2) is 0 Å². The van der Waals surface area contributed by atoms with Gasteiger partial charge in [0.2, 0.25) is 5.91 Å². The smallest absolute Gasteiger partial charge is 0.325 e. The molecule has 0 aliphatic heterocycles. The fourth-order valence-electron chi connectivity index (χ4n) is 1.20. The topological polar surface area (TPSA) is 41.1 Å². The Morgan fingerprint density at radius 3 is 2.50 bits per heavy atom. The Balaban J connectivity index is 2.96. The van der Waals surface area contributed by atoms with Gasteiger partial charge < -0.3 is 10.6 Å². The molecule has 0 aromatic heterocycles. The number of rotatable bonds is 3. The number of hydrogen-bond donors (Lipinski definition) is 2. The van der Waals surface area contributed by atoms with Crippen molar-refractivity contribution >= 4 is 27.5 Å². The number of carbonyl (C=O) groups excluding carboxylic acids is 1. The molecule has 0 bridgehead atoms. The van der Waals surface area contributed by atoms with Gasteiger partial charge in [0, 0.05) is 10.2 Å². The van der Waals surface area contributed by atoms with Crippen LogP contribution in [0.15, 0.2) is 22.7 Å². The van der Waals surface area contributed by atoms with Crippen molar-refractivity contribution in [2.24, 2.45) is 0 Å². The summed E-state index contributed by atoms with van der Waals surface area (Å²) in [5.41, 5.74) is -0.713. The van der Waals surface area contributed by atoms with E-state index in [1.165, 1.54) is 12.1 Å². The van der Waals surface area contributed by atoms with Crippen LogP contribution in [0.3, 0.4) is 0 Å². The molecular formula is C11H12BrF3N2O. The number of alkyl halides is 3. The average molecular weight is 325 g/mol. The number of hydrogen-bond acceptors (Lipinski definition) is 2. The van der Waals surface area contributed by atoms with Gasteiger partial charge in [-0.05, 0) is 32.2 Å². The molecule has 1 aromatic carbocycles. The minimum Gasteiger partial charge on any atom is -0.325 e. The first-order chi connectivity index (χ1) is 8.25. The molecule has 0 radical (unpaired) electrons. The first-order valence-corrected chi connectivity index (χ1v) is 5.90. The van der Waals surface area contributed by atoms with E-state index < -0.39 is 23.7 Å². The van der Waals surface area contributed by atoms with Crippen LogP contribution in [0.4, 0.5) is 18.9 Å². The molecular weight excluding hydrogens is 313 g/mol. The summed E-state index contributed by atoms with van der Waals surface area (Å²) in [7, 11) is 1.59. The molecule has 1 atom stereocenters. The maximum absolute atomic E-state index is 12.6. The molecule has 1 aromatic rings. The zero-order valence-corrected chi connectivity index (χ0v) is 11.3. The second kappa shape index (κ2) is 5.71. The molecule has 7 heteroatoms. The summed E-state index contributed by atoms with van der Waals surface area (Å²) in [4.78, 5) is 11.5. The highest BCUT2D eigenvalue weighted by molar-refractivity contribution is 9.10. The Hall–Kier alpha value is -1.08. The van der Waals surface area contributed by atoms with Gasteiger partial charge in [-0.1, -0.05) is 15.9 Å². The molecule has 2 N–H and O–H groups in total. The first kappa shape index (κ1) is 15.0. The lowest BCUT2D eigenvalue weighted by Crippen LogP contribution is -2.35. The summed E-state index contributed by atoms with van der Waals surface area (Å²) in [6, 6.07) is 3.06. The van der Waals surface area contributed by atoms with Gasteiger partial charge in [-0.15, -0.1) is 0 Å². The summed E-state index contributed by atoms with van der Waals surface area (Å²) >= 11 is 2.83.